The van der Waals surface area contributed by atoms with Crippen LogP contribution in [-0.2, 0) is 0 Å². The number of nitrogens with zero attached hydrogens (tertiary/aromatic N) is 1. The Kier molecular flexibility index (Phi) is 6.27. The van der Waals surface area contributed by atoms with Gasteiger partial charge in [0, 0.05) is 6.54 Å². The van der Waals surface area contributed by atoms with Gasteiger partial charge in [-0.05, 0) is 24.0 Å². The number of carboxylic acids is 1. The summed E-state index contributed by atoms with van der Waals surface area (Å²) in [5.41, 5.74) is 0.244. The average Bonchev–Trinajstić information content (AvgIpc) is 2.36. The van der Waals surface area contributed by atoms with Gasteiger partial charge in [-0.25, -0.2) is 9.78 Å². The molecule has 5 heteroatoms. The summed E-state index contributed by atoms with van der Waals surface area (Å²) < 4.78 is 0. The Morgan fingerprint density at radius 3 is 2.70 bits per heavy atom. The highest BCUT2D eigenvalue weighted by molar-refractivity contribution is 6.29. The van der Waals surface area contributed by atoms with Gasteiger partial charge in [0.1, 0.15) is 16.5 Å². The fourth-order valence-electron chi connectivity index (χ4n) is 2.01. The predicted molar refractivity (Wildman–Crippen MR) is 82.6 cm³/mol. The maximum Gasteiger partial charge on any atom is 0.339 e. The Morgan fingerprint density at radius 2 is 2.10 bits per heavy atom. The van der Waals surface area contributed by atoms with Crippen LogP contribution in [0.3, 0.4) is 0 Å². The van der Waals surface area contributed by atoms with Crippen LogP contribution in [0.4, 0.5) is 5.82 Å². The Labute approximate surface area is 125 Å². The number of hydrogen-bond acceptors (Lipinski definition) is 3. The molecule has 0 radical (unpaired) electrons. The van der Waals surface area contributed by atoms with Crippen LogP contribution in [0.5, 0.6) is 0 Å². The zero-order valence-electron chi connectivity index (χ0n) is 12.4. The maximum atomic E-state index is 11.1. The number of carbonyl (C=O) groups is 1. The molecule has 0 unspecified atom stereocenters. The van der Waals surface area contributed by atoms with Crippen LogP contribution < -0.4 is 5.32 Å². The summed E-state index contributed by atoms with van der Waals surface area (Å²) in [6.45, 7) is 7.19. The molecule has 0 bridgehead atoms. The number of aromatic nitrogens is 1. The molecule has 0 aromatic carbocycles. The first-order valence-electron chi connectivity index (χ1n) is 6.99. The van der Waals surface area contributed by atoms with Crippen LogP contribution in [0.15, 0.2) is 12.1 Å². The molecule has 0 atom stereocenters. The van der Waals surface area contributed by atoms with Crippen LogP contribution in [0, 0.1) is 5.41 Å². The van der Waals surface area contributed by atoms with E-state index in [1.54, 1.807) is 0 Å². The zero-order chi connectivity index (χ0) is 15.2. The molecule has 4 nitrogen and oxygen atoms in total. The summed E-state index contributed by atoms with van der Waals surface area (Å²) in [7, 11) is 0. The number of rotatable bonds is 8. The largest absolute Gasteiger partial charge is 0.478 e. The summed E-state index contributed by atoms with van der Waals surface area (Å²) in [6.07, 6.45) is 4.69. The molecule has 0 aliphatic rings. The highest BCUT2D eigenvalue weighted by Crippen LogP contribution is 2.25. The SMILES string of the molecule is CCCCCC(C)(C)CNc1nc(Cl)ccc1C(=O)O. The minimum Gasteiger partial charge on any atom is -0.478 e. The molecule has 20 heavy (non-hydrogen) atoms. The Balaban J connectivity index is 2.68. The molecule has 1 aromatic rings. The fourth-order valence-corrected chi connectivity index (χ4v) is 2.16. The number of pyridine rings is 1. The average molecular weight is 299 g/mol. The highest BCUT2D eigenvalue weighted by Gasteiger charge is 2.19. The monoisotopic (exact) mass is 298 g/mol. The van der Waals surface area contributed by atoms with Crippen molar-refractivity contribution in [3.05, 3.63) is 22.8 Å². The van der Waals surface area contributed by atoms with Crippen molar-refractivity contribution >= 4 is 23.4 Å². The minimum atomic E-state index is -1.000. The van der Waals surface area contributed by atoms with Gasteiger partial charge in [-0.15, -0.1) is 0 Å². The first-order valence-corrected chi connectivity index (χ1v) is 7.37. The number of anilines is 1. The molecule has 0 aliphatic carbocycles. The van der Waals surface area contributed by atoms with Gasteiger partial charge in [-0.2, -0.15) is 0 Å². The number of halogens is 1. The minimum absolute atomic E-state index is 0.0922. The van der Waals surface area contributed by atoms with Crippen molar-refractivity contribution in [2.75, 3.05) is 11.9 Å². The third kappa shape index (κ3) is 5.37. The second kappa shape index (κ2) is 7.48. The van der Waals surface area contributed by atoms with Crippen molar-refractivity contribution in [2.45, 2.75) is 46.5 Å². The molecule has 0 fully saturated rings. The lowest BCUT2D eigenvalue weighted by atomic mass is 9.87. The molecule has 0 saturated heterocycles. The predicted octanol–water partition coefficient (Wildman–Crippen LogP) is 4.45. The third-order valence-corrected chi connectivity index (χ3v) is 3.49. The van der Waals surface area contributed by atoms with Crippen LogP contribution >= 0.6 is 11.6 Å². The van der Waals surface area contributed by atoms with E-state index in [-0.39, 0.29) is 11.0 Å². The molecular weight excluding hydrogens is 276 g/mol. The first kappa shape index (κ1) is 16.8. The number of aromatic carboxylic acids is 1. The van der Waals surface area contributed by atoms with E-state index in [9.17, 15) is 4.79 Å². The molecule has 1 rings (SSSR count). The Morgan fingerprint density at radius 1 is 1.40 bits per heavy atom. The van der Waals surface area contributed by atoms with Crippen LogP contribution in [-0.4, -0.2) is 22.6 Å². The maximum absolute atomic E-state index is 11.1. The van der Waals surface area contributed by atoms with Crippen LogP contribution in [0.2, 0.25) is 5.15 Å². The van der Waals surface area contributed by atoms with E-state index >= 15 is 0 Å². The fraction of sp³-hybridized carbons (Fsp3) is 0.600. The number of hydrogen-bond donors (Lipinski definition) is 2. The molecular formula is C15H23ClN2O2. The molecule has 2 N–H and O–H groups in total. The lowest BCUT2D eigenvalue weighted by molar-refractivity contribution is 0.0697. The van der Waals surface area contributed by atoms with Crippen molar-refractivity contribution in [3.8, 4) is 0 Å². The summed E-state index contributed by atoms with van der Waals surface area (Å²) in [4.78, 5) is 15.2. The van der Waals surface area contributed by atoms with E-state index in [0.717, 1.165) is 6.42 Å². The second-order valence-corrected chi connectivity index (χ2v) is 6.20. The third-order valence-electron chi connectivity index (χ3n) is 3.28. The van der Waals surface area contributed by atoms with Gasteiger partial charge < -0.3 is 10.4 Å². The molecule has 0 aliphatic heterocycles. The highest BCUT2D eigenvalue weighted by atomic mass is 35.5. The van der Waals surface area contributed by atoms with E-state index in [2.05, 4.69) is 31.1 Å². The van der Waals surface area contributed by atoms with Crippen LogP contribution in [0.25, 0.3) is 0 Å². The lowest BCUT2D eigenvalue weighted by Gasteiger charge is -2.25. The van der Waals surface area contributed by atoms with Gasteiger partial charge in [0.2, 0.25) is 0 Å². The molecule has 1 aromatic heterocycles. The van der Waals surface area contributed by atoms with Gasteiger partial charge in [0.15, 0.2) is 0 Å². The van der Waals surface area contributed by atoms with Crippen molar-refractivity contribution < 1.29 is 9.90 Å². The van der Waals surface area contributed by atoms with Crippen molar-refractivity contribution in [1.82, 2.24) is 4.98 Å². The standard InChI is InChI=1S/C15H23ClN2O2/c1-4-5-6-9-15(2,3)10-17-13-11(14(19)20)7-8-12(16)18-13/h7-8H,4-6,9-10H2,1-3H3,(H,17,18)(H,19,20). The Bertz CT molecular complexity index is 461. The molecule has 0 saturated carbocycles. The quantitative estimate of drug-likeness (QED) is 0.550. The molecule has 0 amide bonds. The normalized spacial score (nSPS) is 11.4. The lowest BCUT2D eigenvalue weighted by Crippen LogP contribution is -2.24. The number of unbranched alkanes of at least 4 members (excludes halogenated alkanes) is 2. The van der Waals surface area contributed by atoms with Gasteiger partial charge in [0.05, 0.1) is 0 Å². The molecule has 0 spiro atoms. The Hall–Kier alpha value is -1.29. The summed E-state index contributed by atoms with van der Waals surface area (Å²) >= 11 is 5.83. The molecule has 112 valence electrons. The smallest absolute Gasteiger partial charge is 0.339 e. The summed E-state index contributed by atoms with van der Waals surface area (Å²) in [6, 6.07) is 2.96. The van der Waals surface area contributed by atoms with Crippen molar-refractivity contribution in [1.29, 1.82) is 0 Å². The van der Waals surface area contributed by atoms with E-state index in [4.69, 9.17) is 16.7 Å². The number of nitrogens with one attached hydrogen (secondary N) is 1. The topological polar surface area (TPSA) is 62.2 Å². The zero-order valence-corrected chi connectivity index (χ0v) is 13.1. The number of carboxylic acid groups (broad SMARTS) is 1. The molecule has 1 heterocycles. The second-order valence-electron chi connectivity index (χ2n) is 5.81. The first-order chi connectivity index (χ1) is 9.35. The van der Waals surface area contributed by atoms with Gasteiger partial charge in [0.25, 0.3) is 0 Å². The van der Waals surface area contributed by atoms with Crippen LogP contribution in [0.1, 0.15) is 56.8 Å². The van der Waals surface area contributed by atoms with E-state index < -0.39 is 5.97 Å². The van der Waals surface area contributed by atoms with Crippen molar-refractivity contribution in [3.63, 3.8) is 0 Å². The summed E-state index contributed by atoms with van der Waals surface area (Å²) in [5.74, 6) is -0.658. The van der Waals surface area contributed by atoms with E-state index in [1.165, 1.54) is 31.4 Å². The van der Waals surface area contributed by atoms with Crippen molar-refractivity contribution in [2.24, 2.45) is 5.41 Å². The summed E-state index contributed by atoms with van der Waals surface area (Å²) in [5, 5.41) is 12.6. The van der Waals surface area contributed by atoms with E-state index in [0.29, 0.717) is 17.5 Å². The van der Waals surface area contributed by atoms with Gasteiger partial charge in [-0.3, -0.25) is 0 Å². The van der Waals surface area contributed by atoms with Gasteiger partial charge >= 0.3 is 5.97 Å². The van der Waals surface area contributed by atoms with Gasteiger partial charge in [-0.1, -0.05) is 51.6 Å². The van der Waals surface area contributed by atoms with E-state index in [1.807, 2.05) is 0 Å².